The number of rotatable bonds is 3. The van der Waals surface area contributed by atoms with Crippen LogP contribution in [0, 0.1) is 0 Å². The van der Waals surface area contributed by atoms with Crippen LogP contribution in [0.25, 0.3) is 6.08 Å². The third-order valence-electron chi connectivity index (χ3n) is 3.65. The second kappa shape index (κ2) is 7.13. The highest BCUT2D eigenvalue weighted by Gasteiger charge is 2.21. The molecular formula is C20H20F3NO. The van der Waals surface area contributed by atoms with Gasteiger partial charge in [0.05, 0.1) is 0 Å². The lowest BCUT2D eigenvalue weighted by molar-refractivity contribution is -0.0790. The van der Waals surface area contributed by atoms with Gasteiger partial charge in [-0.05, 0) is 40.8 Å². The summed E-state index contributed by atoms with van der Waals surface area (Å²) in [4.78, 5) is 12.2. The summed E-state index contributed by atoms with van der Waals surface area (Å²) in [5, 5.41) is 2.78. The maximum absolute atomic E-state index is 12.2. The van der Waals surface area contributed by atoms with Crippen LogP contribution in [0.5, 0.6) is 0 Å². The second-order valence-electron chi connectivity index (χ2n) is 6.78. The molecule has 0 saturated heterocycles. The molecule has 2 aromatic rings. The van der Waals surface area contributed by atoms with Crippen molar-refractivity contribution in [3.05, 3.63) is 71.3 Å². The average Bonchev–Trinajstić information content (AvgIpc) is 2.52. The van der Waals surface area contributed by atoms with Crippen LogP contribution in [0.3, 0.4) is 0 Å². The molecule has 2 rings (SSSR count). The van der Waals surface area contributed by atoms with E-state index in [9.17, 15) is 18.0 Å². The fraction of sp³-hybridized carbons (Fsp3) is 0.250. The molecule has 0 aliphatic carbocycles. The monoisotopic (exact) mass is 347 g/mol. The number of alkyl halides is 3. The molecule has 25 heavy (non-hydrogen) atoms. The lowest BCUT2D eigenvalue weighted by Crippen LogP contribution is -2.13. The molecule has 0 heterocycles. The van der Waals surface area contributed by atoms with Gasteiger partial charge in [0.25, 0.3) is 5.91 Å². The predicted octanol–water partition coefficient (Wildman–Crippen LogP) is 5.81. The smallest absolute Gasteiger partial charge is 0.322 e. The number of anilines is 1. The number of benzene rings is 2. The number of amides is 1. The third-order valence-corrected chi connectivity index (χ3v) is 3.65. The van der Waals surface area contributed by atoms with E-state index >= 15 is 0 Å². The summed E-state index contributed by atoms with van der Waals surface area (Å²) in [6.07, 6.45) is -3.22. The number of hydrogen-bond acceptors (Lipinski definition) is 1. The van der Waals surface area contributed by atoms with Gasteiger partial charge in [-0.3, -0.25) is 4.79 Å². The van der Waals surface area contributed by atoms with E-state index in [1.807, 2.05) is 24.3 Å². The van der Waals surface area contributed by atoms with Gasteiger partial charge in [0, 0.05) is 17.3 Å². The fourth-order valence-corrected chi connectivity index (χ4v) is 2.19. The largest absolute Gasteiger partial charge is 0.409 e. The maximum atomic E-state index is 12.2. The first-order valence-electron chi connectivity index (χ1n) is 7.82. The van der Waals surface area contributed by atoms with Crippen LogP contribution in [-0.4, -0.2) is 12.1 Å². The van der Waals surface area contributed by atoms with Crippen molar-refractivity contribution in [2.45, 2.75) is 32.4 Å². The van der Waals surface area contributed by atoms with Gasteiger partial charge in [0.2, 0.25) is 0 Å². The number of hydrogen-bond donors (Lipinski definition) is 1. The molecule has 0 aromatic heterocycles. The van der Waals surface area contributed by atoms with Gasteiger partial charge in [-0.1, -0.05) is 51.1 Å². The molecule has 0 unspecified atom stereocenters. The number of carbonyl (C=O) groups excluding carboxylic acids is 1. The number of allylic oxidation sites excluding steroid dienone is 1. The van der Waals surface area contributed by atoms with E-state index in [2.05, 4.69) is 26.1 Å². The van der Waals surface area contributed by atoms with Gasteiger partial charge < -0.3 is 5.32 Å². The first kappa shape index (κ1) is 18.8. The Hall–Kier alpha value is -2.56. The normalized spacial score (nSPS) is 12.4. The van der Waals surface area contributed by atoms with E-state index in [1.165, 1.54) is 24.3 Å². The van der Waals surface area contributed by atoms with Crippen LogP contribution in [-0.2, 0) is 5.41 Å². The Bertz CT molecular complexity index is 752. The molecular weight excluding hydrogens is 327 g/mol. The Balaban J connectivity index is 2.05. The lowest BCUT2D eigenvalue weighted by atomic mass is 9.87. The van der Waals surface area contributed by atoms with Gasteiger partial charge in [-0.25, -0.2) is 0 Å². The summed E-state index contributed by atoms with van der Waals surface area (Å²) < 4.78 is 36.4. The number of nitrogens with one attached hydrogen (secondary N) is 1. The Morgan fingerprint density at radius 2 is 1.48 bits per heavy atom. The Kier molecular flexibility index (Phi) is 5.36. The SMILES string of the molecule is CC(C)(C)c1ccc(NC(=O)c2ccc(/C=C/C(F)(F)F)cc2)cc1. The van der Waals surface area contributed by atoms with Crippen molar-refractivity contribution in [2.24, 2.45) is 0 Å². The summed E-state index contributed by atoms with van der Waals surface area (Å²) in [7, 11) is 0. The van der Waals surface area contributed by atoms with Crippen LogP contribution in [0.2, 0.25) is 0 Å². The van der Waals surface area contributed by atoms with Crippen LogP contribution in [0.4, 0.5) is 18.9 Å². The van der Waals surface area contributed by atoms with E-state index in [-0.39, 0.29) is 17.4 Å². The molecule has 0 aliphatic rings. The van der Waals surface area contributed by atoms with Crippen LogP contribution in [0.1, 0.15) is 42.3 Å². The predicted molar refractivity (Wildman–Crippen MR) is 94.6 cm³/mol. The lowest BCUT2D eigenvalue weighted by Gasteiger charge is -2.19. The van der Waals surface area contributed by atoms with E-state index in [4.69, 9.17) is 0 Å². The molecule has 0 spiro atoms. The zero-order valence-corrected chi connectivity index (χ0v) is 14.3. The van der Waals surface area contributed by atoms with Crippen molar-refractivity contribution in [3.8, 4) is 0 Å². The van der Waals surface area contributed by atoms with E-state index < -0.39 is 6.18 Å². The van der Waals surface area contributed by atoms with Gasteiger partial charge in [-0.2, -0.15) is 13.2 Å². The van der Waals surface area contributed by atoms with Crippen molar-refractivity contribution in [2.75, 3.05) is 5.32 Å². The Morgan fingerprint density at radius 1 is 0.920 bits per heavy atom. The minimum atomic E-state index is -4.35. The first-order chi connectivity index (χ1) is 11.5. The van der Waals surface area contributed by atoms with Crippen LogP contribution >= 0.6 is 0 Å². The number of halogens is 3. The summed E-state index contributed by atoms with van der Waals surface area (Å²) in [5.41, 5.74) is 2.61. The molecule has 0 atom stereocenters. The summed E-state index contributed by atoms with van der Waals surface area (Å²) in [6, 6.07) is 13.5. The minimum absolute atomic E-state index is 0.0301. The quantitative estimate of drug-likeness (QED) is 0.745. The zero-order chi connectivity index (χ0) is 18.7. The van der Waals surface area contributed by atoms with Gasteiger partial charge in [0.1, 0.15) is 0 Å². The molecule has 132 valence electrons. The fourth-order valence-electron chi connectivity index (χ4n) is 2.19. The molecule has 2 nitrogen and oxygen atoms in total. The molecule has 0 saturated carbocycles. The Morgan fingerprint density at radius 3 is 1.96 bits per heavy atom. The van der Waals surface area contributed by atoms with Crippen molar-refractivity contribution in [3.63, 3.8) is 0 Å². The average molecular weight is 347 g/mol. The van der Waals surface area contributed by atoms with E-state index in [0.29, 0.717) is 16.8 Å². The molecule has 2 aromatic carbocycles. The molecule has 0 aliphatic heterocycles. The van der Waals surface area contributed by atoms with E-state index in [1.54, 1.807) is 0 Å². The first-order valence-corrected chi connectivity index (χ1v) is 7.82. The summed E-state index contributed by atoms with van der Waals surface area (Å²) >= 11 is 0. The van der Waals surface area contributed by atoms with Gasteiger partial charge >= 0.3 is 6.18 Å². The van der Waals surface area contributed by atoms with Gasteiger partial charge in [-0.15, -0.1) is 0 Å². The van der Waals surface area contributed by atoms with Crippen molar-refractivity contribution in [1.82, 2.24) is 0 Å². The van der Waals surface area contributed by atoms with Crippen LogP contribution < -0.4 is 5.32 Å². The highest BCUT2D eigenvalue weighted by Crippen LogP contribution is 2.24. The molecule has 1 amide bonds. The molecule has 0 bridgehead atoms. The van der Waals surface area contributed by atoms with E-state index in [0.717, 1.165) is 11.6 Å². The summed E-state index contributed by atoms with van der Waals surface area (Å²) in [6.45, 7) is 6.32. The standard InChI is InChI=1S/C20H20F3NO/c1-19(2,3)16-8-10-17(11-9-16)24-18(25)15-6-4-14(5-7-15)12-13-20(21,22)23/h4-13H,1-3H3,(H,24,25)/b13-12+. The third kappa shape index (κ3) is 5.78. The maximum Gasteiger partial charge on any atom is 0.409 e. The Labute approximate surface area is 145 Å². The summed E-state index contributed by atoms with van der Waals surface area (Å²) in [5.74, 6) is -0.310. The highest BCUT2D eigenvalue weighted by molar-refractivity contribution is 6.04. The minimum Gasteiger partial charge on any atom is -0.322 e. The molecule has 5 heteroatoms. The van der Waals surface area contributed by atoms with Crippen molar-refractivity contribution < 1.29 is 18.0 Å². The molecule has 0 radical (unpaired) electrons. The second-order valence-corrected chi connectivity index (χ2v) is 6.78. The van der Waals surface area contributed by atoms with Gasteiger partial charge in [0.15, 0.2) is 0 Å². The van der Waals surface area contributed by atoms with Crippen molar-refractivity contribution >= 4 is 17.7 Å². The highest BCUT2D eigenvalue weighted by atomic mass is 19.4. The number of carbonyl (C=O) groups is 1. The molecule has 1 N–H and O–H groups in total. The topological polar surface area (TPSA) is 29.1 Å². The van der Waals surface area contributed by atoms with Crippen LogP contribution in [0.15, 0.2) is 54.6 Å². The zero-order valence-electron chi connectivity index (χ0n) is 14.3. The molecule has 0 fully saturated rings. The van der Waals surface area contributed by atoms with Crippen molar-refractivity contribution in [1.29, 1.82) is 0 Å².